The highest BCUT2D eigenvalue weighted by Crippen LogP contribution is 2.38. The fourth-order valence-corrected chi connectivity index (χ4v) is 3.44. The molecule has 1 aliphatic rings. The van der Waals surface area contributed by atoms with E-state index in [4.69, 9.17) is 4.42 Å². The Morgan fingerprint density at radius 2 is 2.00 bits per heavy atom. The molecule has 3 rings (SSSR count). The highest BCUT2D eigenvalue weighted by Gasteiger charge is 2.45. The number of aryl methyl sites for hydroxylation is 1. The smallest absolute Gasteiger partial charge is 0.290 e. The Hall–Kier alpha value is -2.93. The molecule has 2 aromatic heterocycles. The van der Waals surface area contributed by atoms with Gasteiger partial charge in [-0.2, -0.15) is 0 Å². The monoisotopic (exact) mass is 383 g/mol. The summed E-state index contributed by atoms with van der Waals surface area (Å²) in [6, 6.07) is 7.79. The van der Waals surface area contributed by atoms with Crippen molar-refractivity contribution >= 4 is 11.7 Å². The molecule has 0 bridgehead atoms. The van der Waals surface area contributed by atoms with Crippen molar-refractivity contribution in [3.63, 3.8) is 0 Å². The average Bonchev–Trinajstić information content (AvgIpc) is 3.25. The van der Waals surface area contributed by atoms with Crippen molar-refractivity contribution in [2.75, 3.05) is 26.2 Å². The number of aromatic nitrogens is 1. The van der Waals surface area contributed by atoms with Crippen molar-refractivity contribution in [1.29, 1.82) is 0 Å². The standard InChI is InChI=1S/C21H25N3O4/c1-4-23(5-2)12-13-24-18(15-8-6-7-11-22-15)17(20(26)21(24)27)19(25)16-10-9-14(3)28-16/h6-11,18,26H,4-5,12-13H2,1-3H3/t18-/m1/s1. The molecule has 0 spiro atoms. The minimum absolute atomic E-state index is 0.0117. The number of amides is 1. The number of likely N-dealkylation sites (N-methyl/N-ethyl adjacent to an activating group) is 1. The lowest BCUT2D eigenvalue weighted by atomic mass is 9.98. The summed E-state index contributed by atoms with van der Waals surface area (Å²) in [4.78, 5) is 33.9. The average molecular weight is 383 g/mol. The third kappa shape index (κ3) is 3.71. The lowest BCUT2D eigenvalue weighted by Crippen LogP contribution is -2.38. The lowest BCUT2D eigenvalue weighted by molar-refractivity contribution is -0.129. The van der Waals surface area contributed by atoms with Gasteiger partial charge in [0.2, 0.25) is 5.78 Å². The second-order valence-corrected chi connectivity index (χ2v) is 6.68. The number of hydrogen-bond donors (Lipinski definition) is 1. The molecule has 28 heavy (non-hydrogen) atoms. The quantitative estimate of drug-likeness (QED) is 0.706. The second-order valence-electron chi connectivity index (χ2n) is 6.68. The summed E-state index contributed by atoms with van der Waals surface area (Å²) in [5, 5.41) is 10.6. The van der Waals surface area contributed by atoms with Crippen molar-refractivity contribution in [2.24, 2.45) is 0 Å². The van der Waals surface area contributed by atoms with E-state index in [0.717, 1.165) is 13.1 Å². The molecule has 0 unspecified atom stereocenters. The van der Waals surface area contributed by atoms with Crippen molar-refractivity contribution < 1.29 is 19.1 Å². The van der Waals surface area contributed by atoms with E-state index in [1.54, 1.807) is 43.5 Å². The third-order valence-electron chi connectivity index (χ3n) is 5.03. The Labute approximate surface area is 164 Å². The molecule has 0 aromatic carbocycles. The highest BCUT2D eigenvalue weighted by molar-refractivity contribution is 6.14. The van der Waals surface area contributed by atoms with Crippen molar-refractivity contribution in [3.8, 4) is 0 Å². The largest absolute Gasteiger partial charge is 0.503 e. The van der Waals surface area contributed by atoms with Gasteiger partial charge in [0, 0.05) is 19.3 Å². The van der Waals surface area contributed by atoms with Gasteiger partial charge >= 0.3 is 0 Å². The zero-order valence-electron chi connectivity index (χ0n) is 16.4. The van der Waals surface area contributed by atoms with E-state index in [9.17, 15) is 14.7 Å². The second kappa shape index (κ2) is 8.39. The van der Waals surface area contributed by atoms with Gasteiger partial charge in [-0.15, -0.1) is 0 Å². The number of carbonyl (C=O) groups excluding carboxylic acids is 2. The number of furan rings is 1. The zero-order chi connectivity index (χ0) is 20.3. The van der Waals surface area contributed by atoms with E-state index in [1.165, 1.54) is 4.90 Å². The minimum atomic E-state index is -0.748. The molecule has 1 N–H and O–H groups in total. The van der Waals surface area contributed by atoms with Crippen LogP contribution in [-0.2, 0) is 4.79 Å². The molecule has 148 valence electrons. The van der Waals surface area contributed by atoms with Crippen LogP contribution < -0.4 is 0 Å². The van der Waals surface area contributed by atoms with Crippen LogP contribution in [0.15, 0.2) is 52.3 Å². The van der Waals surface area contributed by atoms with Crippen LogP contribution in [0.4, 0.5) is 0 Å². The third-order valence-corrected chi connectivity index (χ3v) is 5.03. The number of carbonyl (C=O) groups is 2. The maximum absolute atomic E-state index is 13.1. The number of aliphatic hydroxyl groups is 1. The molecule has 2 aromatic rings. The molecule has 0 fully saturated rings. The van der Waals surface area contributed by atoms with E-state index in [0.29, 0.717) is 24.5 Å². The summed E-state index contributed by atoms with van der Waals surface area (Å²) >= 11 is 0. The van der Waals surface area contributed by atoms with Gasteiger partial charge in [0.15, 0.2) is 11.5 Å². The van der Waals surface area contributed by atoms with Gasteiger partial charge in [-0.05, 0) is 44.3 Å². The van der Waals surface area contributed by atoms with Crippen LogP contribution in [0.1, 0.15) is 41.9 Å². The fourth-order valence-electron chi connectivity index (χ4n) is 3.44. The molecule has 7 nitrogen and oxygen atoms in total. The summed E-state index contributed by atoms with van der Waals surface area (Å²) in [6.07, 6.45) is 1.61. The number of nitrogens with zero attached hydrogens (tertiary/aromatic N) is 3. The summed E-state index contributed by atoms with van der Waals surface area (Å²) < 4.78 is 5.44. The van der Waals surface area contributed by atoms with Crippen molar-refractivity contribution in [2.45, 2.75) is 26.8 Å². The van der Waals surface area contributed by atoms with Crippen LogP contribution in [0.3, 0.4) is 0 Å². The van der Waals surface area contributed by atoms with Crippen molar-refractivity contribution in [1.82, 2.24) is 14.8 Å². The van der Waals surface area contributed by atoms with E-state index < -0.39 is 23.5 Å². The molecular weight excluding hydrogens is 358 g/mol. The maximum Gasteiger partial charge on any atom is 0.290 e. The molecule has 7 heteroatoms. The predicted octanol–water partition coefficient (Wildman–Crippen LogP) is 2.90. The van der Waals surface area contributed by atoms with Gasteiger partial charge in [-0.1, -0.05) is 19.9 Å². The summed E-state index contributed by atoms with van der Waals surface area (Å²) in [5.41, 5.74) is 0.545. The normalized spacial score (nSPS) is 17.1. The predicted molar refractivity (Wildman–Crippen MR) is 104 cm³/mol. The summed E-state index contributed by atoms with van der Waals surface area (Å²) in [6.45, 7) is 8.55. The number of ketones is 1. The van der Waals surface area contributed by atoms with Crippen LogP contribution in [-0.4, -0.2) is 57.8 Å². The SMILES string of the molecule is CCN(CC)CCN1C(=O)C(O)=C(C(=O)c2ccc(C)o2)[C@H]1c1ccccn1. The van der Waals surface area contributed by atoms with E-state index in [1.807, 2.05) is 0 Å². The first kappa shape index (κ1) is 19.8. The number of hydrogen-bond acceptors (Lipinski definition) is 6. The molecule has 1 atom stereocenters. The Morgan fingerprint density at radius 3 is 2.57 bits per heavy atom. The van der Waals surface area contributed by atoms with Gasteiger partial charge in [-0.3, -0.25) is 14.6 Å². The van der Waals surface area contributed by atoms with Gasteiger partial charge in [0.25, 0.3) is 5.91 Å². The first-order valence-corrected chi connectivity index (χ1v) is 9.46. The lowest BCUT2D eigenvalue weighted by Gasteiger charge is -2.28. The molecule has 0 radical (unpaired) electrons. The first-order chi connectivity index (χ1) is 13.5. The van der Waals surface area contributed by atoms with E-state index in [2.05, 4.69) is 23.7 Å². The molecule has 0 saturated heterocycles. The molecule has 1 amide bonds. The Balaban J connectivity index is 1.99. The van der Waals surface area contributed by atoms with Crippen LogP contribution in [0.2, 0.25) is 0 Å². The van der Waals surface area contributed by atoms with E-state index in [-0.39, 0.29) is 11.3 Å². The zero-order valence-corrected chi connectivity index (χ0v) is 16.4. The first-order valence-electron chi connectivity index (χ1n) is 9.46. The van der Waals surface area contributed by atoms with Crippen molar-refractivity contribution in [3.05, 3.63) is 65.1 Å². The Bertz CT molecular complexity index is 884. The Kier molecular flexibility index (Phi) is 5.94. The van der Waals surface area contributed by atoms with Crippen LogP contribution >= 0.6 is 0 Å². The molecular formula is C21H25N3O4. The summed E-state index contributed by atoms with van der Waals surface area (Å²) in [5.74, 6) is -0.914. The molecule has 0 saturated carbocycles. The van der Waals surface area contributed by atoms with Gasteiger partial charge in [0.05, 0.1) is 11.3 Å². The molecule has 1 aliphatic heterocycles. The van der Waals surface area contributed by atoms with Gasteiger partial charge < -0.3 is 19.3 Å². The minimum Gasteiger partial charge on any atom is -0.503 e. The van der Waals surface area contributed by atoms with Crippen LogP contribution in [0.25, 0.3) is 0 Å². The molecule has 0 aliphatic carbocycles. The number of Topliss-reactive ketones (excluding diaryl/α,β-unsaturated/α-hetero) is 1. The van der Waals surface area contributed by atoms with Crippen LogP contribution in [0.5, 0.6) is 0 Å². The van der Waals surface area contributed by atoms with Gasteiger partial charge in [0.1, 0.15) is 11.8 Å². The summed E-state index contributed by atoms with van der Waals surface area (Å²) in [7, 11) is 0. The highest BCUT2D eigenvalue weighted by atomic mass is 16.3. The number of aliphatic hydroxyl groups excluding tert-OH is 1. The number of rotatable bonds is 8. The number of pyridine rings is 1. The fraction of sp³-hybridized carbons (Fsp3) is 0.381. The van der Waals surface area contributed by atoms with Crippen LogP contribution in [0, 0.1) is 6.92 Å². The Morgan fingerprint density at radius 1 is 1.25 bits per heavy atom. The topological polar surface area (TPSA) is 86.9 Å². The van der Waals surface area contributed by atoms with Gasteiger partial charge in [-0.25, -0.2) is 0 Å². The van der Waals surface area contributed by atoms with E-state index >= 15 is 0 Å². The maximum atomic E-state index is 13.1. The molecule has 3 heterocycles.